The zero-order valence-electron chi connectivity index (χ0n) is 11.4. The Kier molecular flexibility index (Phi) is 4.37. The van der Waals surface area contributed by atoms with Crippen molar-refractivity contribution in [2.75, 3.05) is 6.54 Å². The second-order valence-electron chi connectivity index (χ2n) is 5.01. The lowest BCUT2D eigenvalue weighted by atomic mass is 9.89. The molecule has 0 bridgehead atoms. The van der Waals surface area contributed by atoms with Gasteiger partial charge in [0.1, 0.15) is 5.82 Å². The van der Waals surface area contributed by atoms with E-state index >= 15 is 0 Å². The minimum Gasteiger partial charge on any atom is -0.481 e. The molecule has 1 amide bonds. The molecule has 0 aromatic heterocycles. The predicted octanol–water partition coefficient (Wildman–Crippen LogP) is 2.60. The van der Waals surface area contributed by atoms with Gasteiger partial charge in [-0.2, -0.15) is 0 Å². The molecule has 2 unspecified atom stereocenters. The van der Waals surface area contributed by atoms with E-state index in [2.05, 4.69) is 0 Å². The number of rotatable bonds is 3. The first-order valence-corrected chi connectivity index (χ1v) is 6.82. The Hall–Kier alpha value is -1.91. The van der Waals surface area contributed by atoms with Crippen molar-refractivity contribution in [3.63, 3.8) is 0 Å². The number of carboxylic acid groups (broad SMARTS) is 1. The average molecular weight is 279 g/mol. The van der Waals surface area contributed by atoms with Gasteiger partial charge >= 0.3 is 5.97 Å². The average Bonchev–Trinajstić information content (AvgIpc) is 2.58. The molecular weight excluding hydrogens is 261 g/mol. The van der Waals surface area contributed by atoms with Crippen LogP contribution in [0.1, 0.15) is 37.8 Å². The van der Waals surface area contributed by atoms with Crippen molar-refractivity contribution in [3.05, 3.63) is 35.6 Å². The van der Waals surface area contributed by atoms with Crippen molar-refractivity contribution in [2.24, 2.45) is 5.92 Å². The molecule has 4 nitrogen and oxygen atoms in total. The first-order valence-electron chi connectivity index (χ1n) is 6.82. The molecule has 108 valence electrons. The summed E-state index contributed by atoms with van der Waals surface area (Å²) >= 11 is 0. The Morgan fingerprint density at radius 3 is 2.60 bits per heavy atom. The van der Waals surface area contributed by atoms with Crippen LogP contribution in [0.3, 0.4) is 0 Å². The van der Waals surface area contributed by atoms with Gasteiger partial charge in [0.2, 0.25) is 5.91 Å². The van der Waals surface area contributed by atoms with Gasteiger partial charge in [-0.1, -0.05) is 12.1 Å². The van der Waals surface area contributed by atoms with Gasteiger partial charge in [-0.15, -0.1) is 0 Å². The summed E-state index contributed by atoms with van der Waals surface area (Å²) in [5.74, 6) is -1.96. The van der Waals surface area contributed by atoms with E-state index in [9.17, 15) is 19.1 Å². The van der Waals surface area contributed by atoms with Crippen LogP contribution in [-0.4, -0.2) is 28.4 Å². The van der Waals surface area contributed by atoms with Gasteiger partial charge in [0.05, 0.1) is 12.0 Å². The molecule has 0 spiro atoms. The topological polar surface area (TPSA) is 57.6 Å². The molecule has 1 fully saturated rings. The summed E-state index contributed by atoms with van der Waals surface area (Å²) in [5, 5.41) is 9.44. The van der Waals surface area contributed by atoms with E-state index in [-0.39, 0.29) is 11.7 Å². The van der Waals surface area contributed by atoms with Crippen molar-refractivity contribution in [1.82, 2.24) is 4.90 Å². The standard InChI is InChI=1S/C15H18FNO3/c1-2-17-13(18)5-3-4-12(15(19)20)14(17)10-6-8-11(16)9-7-10/h6-9,12,14H,2-5H2,1H3,(H,19,20). The van der Waals surface area contributed by atoms with E-state index in [1.807, 2.05) is 6.92 Å². The third kappa shape index (κ3) is 2.81. The van der Waals surface area contributed by atoms with Crippen LogP contribution >= 0.6 is 0 Å². The first kappa shape index (κ1) is 14.5. The quantitative estimate of drug-likeness (QED) is 0.925. The molecule has 1 saturated heterocycles. The molecule has 0 saturated carbocycles. The van der Waals surface area contributed by atoms with Crippen LogP contribution in [0.5, 0.6) is 0 Å². The summed E-state index contributed by atoms with van der Waals surface area (Å²) in [4.78, 5) is 25.2. The molecule has 1 heterocycles. The molecule has 1 aromatic carbocycles. The number of benzene rings is 1. The van der Waals surface area contributed by atoms with Gasteiger partial charge in [0, 0.05) is 13.0 Å². The van der Waals surface area contributed by atoms with Gasteiger partial charge < -0.3 is 10.0 Å². The maximum Gasteiger partial charge on any atom is 0.308 e. The second kappa shape index (κ2) is 6.03. The molecule has 2 rings (SSSR count). The third-order valence-electron chi connectivity index (χ3n) is 3.81. The van der Waals surface area contributed by atoms with Gasteiger partial charge in [-0.3, -0.25) is 9.59 Å². The summed E-state index contributed by atoms with van der Waals surface area (Å²) in [6.07, 6.45) is 1.40. The summed E-state index contributed by atoms with van der Waals surface area (Å²) in [6.45, 7) is 2.28. The zero-order valence-corrected chi connectivity index (χ0v) is 11.4. The van der Waals surface area contributed by atoms with E-state index in [0.717, 1.165) is 0 Å². The lowest BCUT2D eigenvalue weighted by Gasteiger charge is -2.33. The highest BCUT2D eigenvalue weighted by Crippen LogP contribution is 2.35. The number of carbonyl (C=O) groups excluding carboxylic acids is 1. The Balaban J connectivity index is 2.45. The zero-order chi connectivity index (χ0) is 14.7. The highest BCUT2D eigenvalue weighted by Gasteiger charge is 2.37. The SMILES string of the molecule is CCN1C(=O)CCCC(C(=O)O)C1c1ccc(F)cc1. The van der Waals surface area contributed by atoms with Crippen LogP contribution in [0.25, 0.3) is 0 Å². The van der Waals surface area contributed by atoms with E-state index in [1.54, 1.807) is 17.0 Å². The molecule has 20 heavy (non-hydrogen) atoms. The Morgan fingerprint density at radius 1 is 1.40 bits per heavy atom. The first-order chi connectivity index (χ1) is 9.54. The molecule has 0 radical (unpaired) electrons. The fourth-order valence-corrected chi connectivity index (χ4v) is 2.85. The lowest BCUT2D eigenvalue weighted by molar-refractivity contribution is -0.146. The van der Waals surface area contributed by atoms with Crippen LogP contribution in [0.4, 0.5) is 4.39 Å². The fourth-order valence-electron chi connectivity index (χ4n) is 2.85. The monoisotopic (exact) mass is 279 g/mol. The van der Waals surface area contributed by atoms with Crippen LogP contribution in [0.15, 0.2) is 24.3 Å². The number of hydrogen-bond acceptors (Lipinski definition) is 2. The Labute approximate surface area is 117 Å². The third-order valence-corrected chi connectivity index (χ3v) is 3.81. The molecule has 0 aliphatic carbocycles. The number of likely N-dealkylation sites (tertiary alicyclic amines) is 1. The molecule has 5 heteroatoms. The molecule has 1 aliphatic rings. The maximum atomic E-state index is 13.0. The minimum absolute atomic E-state index is 0.0365. The van der Waals surface area contributed by atoms with E-state index < -0.39 is 17.9 Å². The van der Waals surface area contributed by atoms with Crippen LogP contribution in [0, 0.1) is 11.7 Å². The second-order valence-corrected chi connectivity index (χ2v) is 5.01. The number of carbonyl (C=O) groups is 2. The summed E-state index contributed by atoms with van der Waals surface area (Å²) in [5.41, 5.74) is 0.677. The van der Waals surface area contributed by atoms with Gasteiger partial charge in [0.15, 0.2) is 0 Å². The molecule has 1 N–H and O–H groups in total. The summed E-state index contributed by atoms with van der Waals surface area (Å²) in [6, 6.07) is 5.22. The Bertz CT molecular complexity index is 498. The molecule has 2 atom stereocenters. The van der Waals surface area contributed by atoms with Crippen LogP contribution < -0.4 is 0 Å². The van der Waals surface area contributed by atoms with Crippen molar-refractivity contribution in [1.29, 1.82) is 0 Å². The number of carboxylic acids is 1. The minimum atomic E-state index is -0.910. The number of halogens is 1. The van der Waals surface area contributed by atoms with Crippen molar-refractivity contribution in [3.8, 4) is 0 Å². The summed E-state index contributed by atoms with van der Waals surface area (Å²) < 4.78 is 13.0. The highest BCUT2D eigenvalue weighted by molar-refractivity contribution is 5.79. The molecule has 1 aliphatic heterocycles. The number of amides is 1. The predicted molar refractivity (Wildman–Crippen MR) is 71.5 cm³/mol. The van der Waals surface area contributed by atoms with E-state index in [1.165, 1.54) is 12.1 Å². The number of nitrogens with zero attached hydrogens (tertiary/aromatic N) is 1. The highest BCUT2D eigenvalue weighted by atomic mass is 19.1. The van der Waals surface area contributed by atoms with Crippen LogP contribution in [0.2, 0.25) is 0 Å². The van der Waals surface area contributed by atoms with Gasteiger partial charge in [-0.25, -0.2) is 4.39 Å². The molecular formula is C15H18FNO3. The lowest BCUT2D eigenvalue weighted by Crippen LogP contribution is -2.38. The maximum absolute atomic E-state index is 13.0. The van der Waals surface area contributed by atoms with Crippen molar-refractivity contribution < 1.29 is 19.1 Å². The van der Waals surface area contributed by atoms with Crippen LogP contribution in [-0.2, 0) is 9.59 Å². The molecule has 1 aromatic rings. The van der Waals surface area contributed by atoms with E-state index in [4.69, 9.17) is 0 Å². The smallest absolute Gasteiger partial charge is 0.308 e. The Morgan fingerprint density at radius 2 is 2.05 bits per heavy atom. The van der Waals surface area contributed by atoms with Crippen molar-refractivity contribution >= 4 is 11.9 Å². The largest absolute Gasteiger partial charge is 0.481 e. The van der Waals surface area contributed by atoms with Crippen molar-refractivity contribution in [2.45, 2.75) is 32.2 Å². The van der Waals surface area contributed by atoms with E-state index in [0.29, 0.717) is 31.4 Å². The normalized spacial score (nSPS) is 23.5. The number of aliphatic carboxylic acids is 1. The number of hydrogen-bond donors (Lipinski definition) is 1. The fraction of sp³-hybridized carbons (Fsp3) is 0.467. The summed E-state index contributed by atoms with van der Waals surface area (Å²) in [7, 11) is 0. The van der Waals surface area contributed by atoms with Gasteiger partial charge in [-0.05, 0) is 37.5 Å². The van der Waals surface area contributed by atoms with Gasteiger partial charge in [0.25, 0.3) is 0 Å².